The van der Waals surface area contributed by atoms with E-state index in [1.807, 2.05) is 0 Å². The first-order chi connectivity index (χ1) is 8.44. The van der Waals surface area contributed by atoms with Gasteiger partial charge in [0.1, 0.15) is 18.6 Å². The second kappa shape index (κ2) is 4.85. The summed E-state index contributed by atoms with van der Waals surface area (Å²) in [7, 11) is 0. The number of nitrogens with zero attached hydrogens (tertiary/aromatic N) is 3. The molecule has 1 aromatic carbocycles. The molecule has 0 amide bonds. The summed E-state index contributed by atoms with van der Waals surface area (Å²) in [6, 6.07) is 6.34. The second-order valence-electron chi connectivity index (χ2n) is 3.37. The quantitative estimate of drug-likeness (QED) is 0.864. The van der Waals surface area contributed by atoms with Crippen molar-refractivity contribution in [1.82, 2.24) is 14.8 Å². The maximum Gasteiger partial charge on any atom is 0.408 e. The van der Waals surface area contributed by atoms with E-state index in [1.165, 1.54) is 0 Å². The zero-order valence-corrected chi connectivity index (χ0v) is 9.61. The average molecular weight is 278 g/mol. The number of alkyl halides is 3. The highest BCUT2D eigenvalue weighted by Gasteiger charge is 2.28. The normalized spacial score (nSPS) is 11.6. The molecule has 1 heterocycles. The van der Waals surface area contributed by atoms with Gasteiger partial charge in [-0.05, 0) is 12.1 Å². The van der Waals surface area contributed by atoms with Crippen molar-refractivity contribution in [3.05, 3.63) is 35.6 Å². The van der Waals surface area contributed by atoms with Gasteiger partial charge in [0.15, 0.2) is 0 Å². The third-order valence-electron chi connectivity index (χ3n) is 1.89. The number of halogens is 4. The summed E-state index contributed by atoms with van der Waals surface area (Å²) >= 11 is 5.82. The topological polar surface area (TPSA) is 39.9 Å². The Labute approximate surface area is 105 Å². The lowest BCUT2D eigenvalue weighted by Gasteiger charge is -2.04. The van der Waals surface area contributed by atoms with E-state index in [2.05, 4.69) is 10.1 Å². The summed E-state index contributed by atoms with van der Waals surface area (Å²) in [5.74, 6) is 0.281. The van der Waals surface area contributed by atoms with E-state index in [1.54, 1.807) is 24.3 Å². The minimum atomic E-state index is -4.35. The highest BCUT2D eigenvalue weighted by atomic mass is 35.5. The minimum Gasteiger partial charge on any atom is -0.422 e. The molecular weight excluding hydrogens is 271 g/mol. The monoisotopic (exact) mass is 277 g/mol. The van der Waals surface area contributed by atoms with Gasteiger partial charge in [-0.2, -0.15) is 18.2 Å². The third-order valence-corrected chi connectivity index (χ3v) is 2.21. The molecule has 1 aromatic heterocycles. The van der Waals surface area contributed by atoms with E-state index >= 15 is 0 Å². The third kappa shape index (κ3) is 3.36. The van der Waals surface area contributed by atoms with Crippen LogP contribution in [0.25, 0.3) is 0 Å². The Morgan fingerprint density at radius 3 is 2.67 bits per heavy atom. The van der Waals surface area contributed by atoms with E-state index in [-0.39, 0.29) is 11.8 Å². The Bertz CT molecular complexity index is 541. The van der Waals surface area contributed by atoms with Gasteiger partial charge in [-0.25, -0.2) is 4.68 Å². The van der Waals surface area contributed by atoms with Crippen LogP contribution in [0.3, 0.4) is 0 Å². The maximum absolute atomic E-state index is 12.1. The van der Waals surface area contributed by atoms with E-state index in [4.69, 9.17) is 16.3 Å². The van der Waals surface area contributed by atoms with E-state index in [9.17, 15) is 13.2 Å². The molecule has 2 rings (SSSR count). The molecule has 18 heavy (non-hydrogen) atoms. The Balaban J connectivity index is 2.10. The van der Waals surface area contributed by atoms with Gasteiger partial charge >= 0.3 is 12.2 Å². The van der Waals surface area contributed by atoms with E-state index in [0.717, 1.165) is 6.33 Å². The zero-order valence-electron chi connectivity index (χ0n) is 8.86. The fourth-order valence-corrected chi connectivity index (χ4v) is 1.38. The molecular formula is C10H7ClF3N3O. The minimum absolute atomic E-state index is 0.188. The highest BCUT2D eigenvalue weighted by Crippen LogP contribution is 2.27. The van der Waals surface area contributed by atoms with Gasteiger partial charge in [-0.15, -0.1) is 5.10 Å². The first-order valence-electron chi connectivity index (χ1n) is 4.82. The fourth-order valence-electron chi connectivity index (χ4n) is 1.21. The van der Waals surface area contributed by atoms with Crippen molar-refractivity contribution in [2.45, 2.75) is 12.7 Å². The van der Waals surface area contributed by atoms with E-state index in [0.29, 0.717) is 9.70 Å². The van der Waals surface area contributed by atoms with Crippen LogP contribution in [0.5, 0.6) is 11.8 Å². The Morgan fingerprint density at radius 2 is 2.00 bits per heavy atom. The second-order valence-corrected chi connectivity index (χ2v) is 3.78. The molecule has 0 bridgehead atoms. The molecule has 0 unspecified atom stereocenters. The van der Waals surface area contributed by atoms with Crippen LogP contribution in [0.2, 0.25) is 5.02 Å². The number of ether oxygens (including phenoxy) is 1. The molecule has 0 radical (unpaired) electrons. The molecule has 0 saturated heterocycles. The van der Waals surface area contributed by atoms with E-state index < -0.39 is 12.7 Å². The molecule has 0 spiro atoms. The highest BCUT2D eigenvalue weighted by molar-refractivity contribution is 6.32. The number of para-hydroxylation sites is 1. The van der Waals surface area contributed by atoms with Crippen LogP contribution in [0.15, 0.2) is 30.6 Å². The number of hydrogen-bond donors (Lipinski definition) is 0. The summed E-state index contributed by atoms with van der Waals surface area (Å²) in [6.45, 7) is -1.22. The van der Waals surface area contributed by atoms with Crippen molar-refractivity contribution < 1.29 is 17.9 Å². The van der Waals surface area contributed by atoms with Crippen LogP contribution in [-0.2, 0) is 6.54 Å². The standard InChI is InChI=1S/C10H7ClF3N3O/c11-7-3-1-2-4-8(7)18-9-15-6-17(16-9)5-10(12,13)14/h1-4,6H,5H2. The molecule has 0 N–H and O–H groups in total. The molecule has 0 atom stereocenters. The van der Waals surface area contributed by atoms with Crippen molar-refractivity contribution in [2.75, 3.05) is 0 Å². The van der Waals surface area contributed by atoms with Crippen LogP contribution >= 0.6 is 11.6 Å². The maximum atomic E-state index is 12.1. The Hall–Kier alpha value is -1.76. The van der Waals surface area contributed by atoms with Crippen molar-refractivity contribution >= 4 is 11.6 Å². The zero-order chi connectivity index (χ0) is 13.2. The van der Waals surface area contributed by atoms with Gasteiger partial charge in [0.25, 0.3) is 0 Å². The predicted molar refractivity (Wildman–Crippen MR) is 57.6 cm³/mol. The van der Waals surface area contributed by atoms with Crippen molar-refractivity contribution in [1.29, 1.82) is 0 Å². The fraction of sp³-hybridized carbons (Fsp3) is 0.200. The number of hydrogen-bond acceptors (Lipinski definition) is 3. The average Bonchev–Trinajstić information content (AvgIpc) is 2.66. The molecule has 4 nitrogen and oxygen atoms in total. The largest absolute Gasteiger partial charge is 0.422 e. The first-order valence-corrected chi connectivity index (χ1v) is 5.20. The first kappa shape index (κ1) is 12.7. The molecule has 8 heteroatoms. The predicted octanol–water partition coefficient (Wildman–Crippen LogP) is 3.29. The number of benzene rings is 1. The number of rotatable bonds is 3. The Kier molecular flexibility index (Phi) is 3.42. The summed E-state index contributed by atoms with van der Waals surface area (Å²) in [6.07, 6.45) is -3.41. The van der Waals surface area contributed by atoms with Crippen molar-refractivity contribution in [3.8, 4) is 11.8 Å². The van der Waals surface area contributed by atoms with Gasteiger partial charge in [0, 0.05) is 0 Å². The SMILES string of the molecule is FC(F)(F)Cn1cnc(Oc2ccccc2Cl)n1. The van der Waals surface area contributed by atoms with Crippen LogP contribution in [0.1, 0.15) is 0 Å². The van der Waals surface area contributed by atoms with Gasteiger partial charge < -0.3 is 4.74 Å². The summed E-state index contributed by atoms with van der Waals surface area (Å²) in [5.41, 5.74) is 0. The molecule has 2 aromatic rings. The lowest BCUT2D eigenvalue weighted by atomic mass is 10.3. The molecule has 0 aliphatic carbocycles. The summed E-state index contributed by atoms with van der Waals surface area (Å²) in [4.78, 5) is 3.61. The number of aromatic nitrogens is 3. The molecule has 0 saturated carbocycles. The lowest BCUT2D eigenvalue weighted by molar-refractivity contribution is -0.142. The van der Waals surface area contributed by atoms with Crippen LogP contribution < -0.4 is 4.74 Å². The van der Waals surface area contributed by atoms with Gasteiger partial charge in [0.2, 0.25) is 0 Å². The molecule has 0 fully saturated rings. The molecule has 96 valence electrons. The van der Waals surface area contributed by atoms with Crippen LogP contribution in [0.4, 0.5) is 13.2 Å². The summed E-state index contributed by atoms with van der Waals surface area (Å²) < 4.78 is 42.1. The van der Waals surface area contributed by atoms with Crippen molar-refractivity contribution in [2.24, 2.45) is 0 Å². The van der Waals surface area contributed by atoms with Gasteiger partial charge in [-0.3, -0.25) is 0 Å². The van der Waals surface area contributed by atoms with Gasteiger partial charge in [0.05, 0.1) is 5.02 Å². The molecule has 0 aliphatic rings. The van der Waals surface area contributed by atoms with Crippen LogP contribution in [0, 0.1) is 0 Å². The summed E-state index contributed by atoms with van der Waals surface area (Å²) in [5, 5.41) is 3.86. The molecule has 0 aliphatic heterocycles. The smallest absolute Gasteiger partial charge is 0.408 e. The Morgan fingerprint density at radius 1 is 1.28 bits per heavy atom. The lowest BCUT2D eigenvalue weighted by Crippen LogP contribution is -2.17. The van der Waals surface area contributed by atoms with Crippen LogP contribution in [-0.4, -0.2) is 20.9 Å². The van der Waals surface area contributed by atoms with Crippen molar-refractivity contribution in [3.63, 3.8) is 0 Å². The van der Waals surface area contributed by atoms with Gasteiger partial charge in [-0.1, -0.05) is 23.7 Å².